The zero-order valence-corrected chi connectivity index (χ0v) is 12.9. The highest BCUT2D eigenvalue weighted by molar-refractivity contribution is 8.00. The molecule has 3 nitrogen and oxygen atoms in total. The third-order valence-electron chi connectivity index (χ3n) is 3.97. The summed E-state index contributed by atoms with van der Waals surface area (Å²) in [5.41, 5.74) is 0. The Morgan fingerprint density at radius 2 is 1.95 bits per heavy atom. The molecule has 1 saturated carbocycles. The third-order valence-corrected chi connectivity index (χ3v) is 5.36. The largest absolute Gasteiger partial charge is 0.486 e. The third kappa shape index (κ3) is 3.23. The van der Waals surface area contributed by atoms with Crippen molar-refractivity contribution in [3.8, 4) is 11.5 Å². The molecule has 3 rings (SSSR count). The fourth-order valence-electron chi connectivity index (χ4n) is 3.01. The van der Waals surface area contributed by atoms with Gasteiger partial charge in [-0.1, -0.05) is 19.8 Å². The van der Waals surface area contributed by atoms with Crippen molar-refractivity contribution in [2.24, 2.45) is 0 Å². The Morgan fingerprint density at radius 1 is 1.15 bits per heavy atom. The minimum atomic E-state index is 0.645. The van der Waals surface area contributed by atoms with Crippen molar-refractivity contribution < 1.29 is 9.47 Å². The van der Waals surface area contributed by atoms with E-state index in [1.54, 1.807) is 0 Å². The SMILES string of the molecule is CCNC1CCCCC1Sc1ccc2c(c1)OCCO2. The highest BCUT2D eigenvalue weighted by atomic mass is 32.2. The highest BCUT2D eigenvalue weighted by Crippen LogP contribution is 2.38. The van der Waals surface area contributed by atoms with E-state index in [0.29, 0.717) is 24.5 Å². The van der Waals surface area contributed by atoms with E-state index in [1.165, 1.54) is 30.6 Å². The molecule has 1 aliphatic carbocycles. The van der Waals surface area contributed by atoms with E-state index in [9.17, 15) is 0 Å². The normalized spacial score (nSPS) is 25.4. The quantitative estimate of drug-likeness (QED) is 0.921. The average Bonchev–Trinajstić information content (AvgIpc) is 2.49. The fraction of sp³-hybridized carbons (Fsp3) is 0.625. The monoisotopic (exact) mass is 293 g/mol. The number of ether oxygens (including phenoxy) is 2. The molecule has 1 N–H and O–H groups in total. The van der Waals surface area contributed by atoms with Gasteiger partial charge in [0, 0.05) is 16.2 Å². The zero-order valence-electron chi connectivity index (χ0n) is 12.1. The van der Waals surface area contributed by atoms with Crippen LogP contribution in [0, 0.1) is 0 Å². The Morgan fingerprint density at radius 3 is 2.80 bits per heavy atom. The van der Waals surface area contributed by atoms with Crippen LogP contribution < -0.4 is 14.8 Å². The van der Waals surface area contributed by atoms with E-state index in [1.807, 2.05) is 17.8 Å². The molecule has 110 valence electrons. The molecule has 2 aliphatic rings. The summed E-state index contributed by atoms with van der Waals surface area (Å²) >= 11 is 1.99. The minimum Gasteiger partial charge on any atom is -0.486 e. The van der Waals surface area contributed by atoms with Gasteiger partial charge in [0.1, 0.15) is 13.2 Å². The lowest BCUT2D eigenvalue weighted by atomic mass is 9.95. The number of hydrogen-bond donors (Lipinski definition) is 1. The molecule has 1 aliphatic heterocycles. The van der Waals surface area contributed by atoms with Crippen LogP contribution in [-0.4, -0.2) is 31.1 Å². The number of hydrogen-bond acceptors (Lipinski definition) is 4. The van der Waals surface area contributed by atoms with Gasteiger partial charge in [-0.15, -0.1) is 11.8 Å². The van der Waals surface area contributed by atoms with Crippen LogP contribution in [0.2, 0.25) is 0 Å². The first-order valence-corrected chi connectivity index (χ1v) is 8.54. The fourth-order valence-corrected chi connectivity index (χ4v) is 4.36. The lowest BCUT2D eigenvalue weighted by Crippen LogP contribution is -2.40. The maximum Gasteiger partial charge on any atom is 0.162 e. The van der Waals surface area contributed by atoms with Crippen molar-refractivity contribution in [1.29, 1.82) is 0 Å². The Bertz CT molecular complexity index is 450. The second-order valence-corrected chi connectivity index (χ2v) is 6.72. The predicted molar refractivity (Wildman–Crippen MR) is 83.0 cm³/mol. The molecule has 1 fully saturated rings. The number of thioether (sulfide) groups is 1. The summed E-state index contributed by atoms with van der Waals surface area (Å²) in [4.78, 5) is 1.30. The van der Waals surface area contributed by atoms with Gasteiger partial charge in [0.25, 0.3) is 0 Å². The molecule has 0 bridgehead atoms. The van der Waals surface area contributed by atoms with Crippen molar-refractivity contribution in [2.75, 3.05) is 19.8 Å². The zero-order chi connectivity index (χ0) is 13.8. The van der Waals surface area contributed by atoms with Crippen LogP contribution in [0.3, 0.4) is 0 Å². The molecule has 1 aromatic carbocycles. The van der Waals surface area contributed by atoms with Gasteiger partial charge in [-0.3, -0.25) is 0 Å². The van der Waals surface area contributed by atoms with Crippen LogP contribution in [0.15, 0.2) is 23.1 Å². The molecular weight excluding hydrogens is 270 g/mol. The number of nitrogens with one attached hydrogen (secondary N) is 1. The Kier molecular flexibility index (Phi) is 4.73. The van der Waals surface area contributed by atoms with Crippen molar-refractivity contribution in [1.82, 2.24) is 5.32 Å². The van der Waals surface area contributed by atoms with Gasteiger partial charge in [-0.2, -0.15) is 0 Å². The molecule has 0 spiro atoms. The first kappa shape index (κ1) is 14.1. The number of fused-ring (bicyclic) bond motifs is 1. The molecule has 0 amide bonds. The van der Waals surface area contributed by atoms with Gasteiger partial charge in [0.2, 0.25) is 0 Å². The molecular formula is C16H23NO2S. The molecule has 2 atom stereocenters. The summed E-state index contributed by atoms with van der Waals surface area (Å²) in [5.74, 6) is 1.78. The molecule has 1 aromatic rings. The van der Waals surface area contributed by atoms with Crippen molar-refractivity contribution in [3.05, 3.63) is 18.2 Å². The average molecular weight is 293 g/mol. The second kappa shape index (κ2) is 6.72. The van der Waals surface area contributed by atoms with Crippen LogP contribution in [-0.2, 0) is 0 Å². The summed E-state index contributed by atoms with van der Waals surface area (Å²) < 4.78 is 11.3. The molecule has 0 radical (unpaired) electrons. The van der Waals surface area contributed by atoms with Gasteiger partial charge in [0.15, 0.2) is 11.5 Å². The summed E-state index contributed by atoms with van der Waals surface area (Å²) in [5, 5.41) is 4.31. The first-order valence-electron chi connectivity index (χ1n) is 7.66. The maximum atomic E-state index is 5.67. The second-order valence-electron chi connectivity index (χ2n) is 5.41. The standard InChI is InChI=1S/C16H23NO2S/c1-2-17-13-5-3-4-6-16(13)20-12-7-8-14-15(11-12)19-10-9-18-14/h7-8,11,13,16-17H,2-6,9-10H2,1H3. The van der Waals surface area contributed by atoms with Crippen LogP contribution in [0.4, 0.5) is 0 Å². The Labute approximate surface area is 125 Å². The molecule has 20 heavy (non-hydrogen) atoms. The van der Waals surface area contributed by atoms with E-state index in [-0.39, 0.29) is 0 Å². The van der Waals surface area contributed by atoms with Gasteiger partial charge in [-0.25, -0.2) is 0 Å². The van der Waals surface area contributed by atoms with E-state index in [2.05, 4.69) is 24.4 Å². The summed E-state index contributed by atoms with van der Waals surface area (Å²) in [7, 11) is 0. The topological polar surface area (TPSA) is 30.5 Å². The van der Waals surface area contributed by atoms with Crippen LogP contribution in [0.5, 0.6) is 11.5 Å². The van der Waals surface area contributed by atoms with Crippen LogP contribution in [0.1, 0.15) is 32.6 Å². The smallest absolute Gasteiger partial charge is 0.162 e. The predicted octanol–water partition coefficient (Wildman–Crippen LogP) is 3.47. The minimum absolute atomic E-state index is 0.645. The number of rotatable bonds is 4. The van der Waals surface area contributed by atoms with Gasteiger partial charge in [0.05, 0.1) is 0 Å². The Hall–Kier alpha value is -0.870. The summed E-state index contributed by atoms with van der Waals surface area (Å²) in [6.45, 7) is 4.57. The first-order chi connectivity index (χ1) is 9.86. The van der Waals surface area contributed by atoms with E-state index in [0.717, 1.165) is 18.0 Å². The molecule has 0 aromatic heterocycles. The van der Waals surface area contributed by atoms with Gasteiger partial charge < -0.3 is 14.8 Å². The molecule has 0 saturated heterocycles. The molecule has 4 heteroatoms. The van der Waals surface area contributed by atoms with E-state index in [4.69, 9.17) is 9.47 Å². The Balaban J connectivity index is 1.69. The highest BCUT2D eigenvalue weighted by Gasteiger charge is 2.25. The van der Waals surface area contributed by atoms with Crippen molar-refractivity contribution in [2.45, 2.75) is 48.8 Å². The summed E-state index contributed by atoms with van der Waals surface area (Å²) in [6.07, 6.45) is 5.31. The van der Waals surface area contributed by atoms with Gasteiger partial charge in [-0.05, 0) is 37.6 Å². The maximum absolute atomic E-state index is 5.67. The van der Waals surface area contributed by atoms with E-state index >= 15 is 0 Å². The van der Waals surface area contributed by atoms with E-state index < -0.39 is 0 Å². The van der Waals surface area contributed by atoms with Crippen LogP contribution >= 0.6 is 11.8 Å². The lowest BCUT2D eigenvalue weighted by molar-refractivity contribution is 0.171. The number of benzene rings is 1. The molecule has 2 unspecified atom stereocenters. The van der Waals surface area contributed by atoms with Crippen LogP contribution in [0.25, 0.3) is 0 Å². The molecule has 1 heterocycles. The van der Waals surface area contributed by atoms with Crippen molar-refractivity contribution >= 4 is 11.8 Å². The van der Waals surface area contributed by atoms with Crippen molar-refractivity contribution in [3.63, 3.8) is 0 Å². The lowest BCUT2D eigenvalue weighted by Gasteiger charge is -2.32. The summed E-state index contributed by atoms with van der Waals surface area (Å²) in [6, 6.07) is 6.99. The van der Waals surface area contributed by atoms with Gasteiger partial charge >= 0.3 is 0 Å².